The highest BCUT2D eigenvalue weighted by atomic mass is 19.1. The molecule has 0 saturated carbocycles. The molecule has 0 radical (unpaired) electrons. The van der Waals surface area contributed by atoms with Gasteiger partial charge in [-0.15, -0.1) is 0 Å². The molecule has 2 heterocycles. The summed E-state index contributed by atoms with van der Waals surface area (Å²) >= 11 is 0. The molecule has 1 aliphatic rings. The van der Waals surface area contributed by atoms with Crippen molar-refractivity contribution in [3.05, 3.63) is 32.6 Å². The molecule has 0 bridgehead atoms. The van der Waals surface area contributed by atoms with Gasteiger partial charge in [0.05, 0.1) is 0 Å². The molecule has 1 aliphatic heterocycles. The monoisotopic (exact) mass is 456 g/mol. The van der Waals surface area contributed by atoms with Crippen molar-refractivity contribution < 1.29 is 28.6 Å². The van der Waals surface area contributed by atoms with Crippen LogP contribution < -0.4 is 11.2 Å². The van der Waals surface area contributed by atoms with Gasteiger partial charge in [-0.3, -0.25) is 23.9 Å². The Kier molecular flexibility index (Phi) is 10.6. The summed E-state index contributed by atoms with van der Waals surface area (Å²) in [5, 5.41) is 8.57. The fourth-order valence-corrected chi connectivity index (χ4v) is 3.66. The van der Waals surface area contributed by atoms with Gasteiger partial charge in [0.15, 0.2) is 0 Å². The first kappa shape index (κ1) is 25.8. The molecule has 0 aromatic carbocycles. The molecule has 1 fully saturated rings. The molecular formula is C22H33FN2O7. The summed E-state index contributed by atoms with van der Waals surface area (Å²) < 4.78 is 26.1. The number of carboxylic acids is 1. The van der Waals surface area contributed by atoms with Gasteiger partial charge >= 0.3 is 17.6 Å². The Balaban J connectivity index is 1.58. The van der Waals surface area contributed by atoms with Crippen LogP contribution in [0, 0.1) is 6.92 Å². The van der Waals surface area contributed by atoms with Gasteiger partial charge in [-0.1, -0.05) is 38.5 Å². The molecular weight excluding hydrogens is 423 g/mol. The van der Waals surface area contributed by atoms with E-state index >= 15 is 0 Å². The number of carbonyl (C=O) groups excluding carboxylic acids is 1. The van der Waals surface area contributed by atoms with Crippen LogP contribution in [-0.2, 0) is 19.1 Å². The van der Waals surface area contributed by atoms with Crippen LogP contribution in [0.15, 0.2) is 15.8 Å². The molecule has 0 aliphatic carbocycles. The summed E-state index contributed by atoms with van der Waals surface area (Å²) in [7, 11) is 0. The molecule has 9 nitrogen and oxygen atoms in total. The van der Waals surface area contributed by atoms with E-state index in [1.54, 1.807) is 6.92 Å². The number of carboxylic acid groups (broad SMARTS) is 1. The minimum absolute atomic E-state index is 0.0656. The number of carbonyl (C=O) groups is 2. The fraction of sp³-hybridized carbons (Fsp3) is 0.727. The number of H-pyrrole nitrogens is 1. The van der Waals surface area contributed by atoms with Crippen LogP contribution in [-0.4, -0.2) is 45.5 Å². The van der Waals surface area contributed by atoms with Gasteiger partial charge in [0.25, 0.3) is 5.56 Å². The van der Waals surface area contributed by atoms with Gasteiger partial charge in [-0.2, -0.15) is 0 Å². The van der Waals surface area contributed by atoms with Crippen molar-refractivity contribution in [3.63, 3.8) is 0 Å². The lowest BCUT2D eigenvalue weighted by atomic mass is 10.1. The summed E-state index contributed by atoms with van der Waals surface area (Å²) in [5.41, 5.74) is -0.852. The number of esters is 1. The Morgan fingerprint density at radius 1 is 1.12 bits per heavy atom. The van der Waals surface area contributed by atoms with Gasteiger partial charge in [-0.25, -0.2) is 9.18 Å². The molecule has 0 amide bonds. The fourth-order valence-electron chi connectivity index (χ4n) is 3.66. The van der Waals surface area contributed by atoms with Gasteiger partial charge in [0.2, 0.25) is 0 Å². The highest BCUT2D eigenvalue weighted by molar-refractivity contribution is 5.69. The third-order valence-electron chi connectivity index (χ3n) is 5.55. The number of aromatic nitrogens is 2. The Morgan fingerprint density at radius 3 is 2.34 bits per heavy atom. The van der Waals surface area contributed by atoms with Crippen LogP contribution in [0.3, 0.4) is 0 Å². The highest BCUT2D eigenvalue weighted by Gasteiger charge is 2.37. The maximum atomic E-state index is 14.3. The smallest absolute Gasteiger partial charge is 0.330 e. The SMILES string of the molecule is Cc1cn([C@H]2C[C@H](F)[C@@H](COC(=O)CCCCCCCCCCC(=O)O)O2)c(=O)[nH]c1=O. The molecule has 32 heavy (non-hydrogen) atoms. The number of aromatic amines is 1. The number of aliphatic carboxylic acids is 1. The molecule has 1 saturated heterocycles. The van der Waals surface area contributed by atoms with Gasteiger partial charge in [0.1, 0.15) is 25.1 Å². The normalized spacial score (nSPS) is 20.4. The number of rotatable bonds is 14. The number of hydrogen-bond acceptors (Lipinski definition) is 6. The van der Waals surface area contributed by atoms with Crippen molar-refractivity contribution in [1.29, 1.82) is 0 Å². The molecule has 2 N–H and O–H groups in total. The van der Waals surface area contributed by atoms with Crippen LogP contribution in [0.1, 0.15) is 82.4 Å². The Hall–Kier alpha value is -2.49. The highest BCUT2D eigenvalue weighted by Crippen LogP contribution is 2.30. The van der Waals surface area contributed by atoms with Gasteiger partial charge < -0.3 is 14.6 Å². The molecule has 10 heteroatoms. The Bertz CT molecular complexity index is 867. The topological polar surface area (TPSA) is 128 Å². The van der Waals surface area contributed by atoms with E-state index in [9.17, 15) is 23.6 Å². The number of unbranched alkanes of at least 4 members (excludes halogenated alkanes) is 7. The maximum absolute atomic E-state index is 14.3. The maximum Gasteiger partial charge on any atom is 0.330 e. The standard InChI is InChI=1S/C22H33FN2O7/c1-15-13-25(22(30)24-21(15)29)18-12-16(23)17(32-18)14-31-20(28)11-9-7-5-3-2-4-6-8-10-19(26)27/h13,16-18H,2-12,14H2,1H3,(H,26,27)(H,24,29,30)/t16-,17+,18+/m0/s1. The number of aryl methyl sites for hydroxylation is 1. The van der Waals surface area contributed by atoms with E-state index in [0.717, 1.165) is 43.1 Å². The summed E-state index contributed by atoms with van der Waals surface area (Å²) in [6.45, 7) is 1.32. The zero-order chi connectivity index (χ0) is 23.5. The second kappa shape index (κ2) is 13.1. The molecule has 1 aromatic heterocycles. The van der Waals surface area contributed by atoms with Crippen molar-refractivity contribution >= 4 is 11.9 Å². The van der Waals surface area contributed by atoms with E-state index in [2.05, 4.69) is 4.98 Å². The summed E-state index contributed by atoms with van der Waals surface area (Å²) in [6.07, 6.45) is 5.90. The first-order chi connectivity index (χ1) is 15.3. The summed E-state index contributed by atoms with van der Waals surface area (Å²) in [5.74, 6) is -1.16. The lowest BCUT2D eigenvalue weighted by Crippen LogP contribution is -2.33. The van der Waals surface area contributed by atoms with Gasteiger partial charge in [-0.05, 0) is 19.8 Å². The molecule has 3 atom stereocenters. The number of alkyl halides is 1. The lowest BCUT2D eigenvalue weighted by molar-refractivity contribution is -0.149. The second-order valence-electron chi connectivity index (χ2n) is 8.26. The van der Waals surface area contributed by atoms with E-state index in [-0.39, 0.29) is 25.9 Å². The van der Waals surface area contributed by atoms with Crippen LogP contribution >= 0.6 is 0 Å². The van der Waals surface area contributed by atoms with Crippen molar-refractivity contribution in [2.24, 2.45) is 0 Å². The number of nitrogens with one attached hydrogen (secondary N) is 1. The number of hydrogen-bond donors (Lipinski definition) is 2. The molecule has 2 rings (SSSR count). The van der Waals surface area contributed by atoms with Gasteiger partial charge in [0, 0.05) is 31.0 Å². The van der Waals surface area contributed by atoms with Crippen molar-refractivity contribution in [1.82, 2.24) is 9.55 Å². The van der Waals surface area contributed by atoms with Crippen LogP contribution in [0.4, 0.5) is 4.39 Å². The first-order valence-corrected chi connectivity index (χ1v) is 11.3. The zero-order valence-corrected chi connectivity index (χ0v) is 18.5. The van der Waals surface area contributed by atoms with E-state index < -0.39 is 41.7 Å². The average Bonchev–Trinajstić information content (AvgIpc) is 3.10. The van der Waals surface area contributed by atoms with E-state index in [1.807, 2.05) is 0 Å². The Morgan fingerprint density at radius 2 is 1.72 bits per heavy atom. The zero-order valence-electron chi connectivity index (χ0n) is 18.5. The third kappa shape index (κ3) is 8.57. The second-order valence-corrected chi connectivity index (χ2v) is 8.26. The summed E-state index contributed by atoms with van der Waals surface area (Å²) in [4.78, 5) is 47.9. The minimum Gasteiger partial charge on any atom is -0.481 e. The summed E-state index contributed by atoms with van der Waals surface area (Å²) in [6, 6.07) is 0. The minimum atomic E-state index is -1.39. The van der Waals surface area contributed by atoms with Crippen LogP contribution in [0.2, 0.25) is 0 Å². The third-order valence-corrected chi connectivity index (χ3v) is 5.55. The van der Waals surface area contributed by atoms with Crippen molar-refractivity contribution in [2.45, 2.75) is 96.1 Å². The number of nitrogens with zero attached hydrogens (tertiary/aromatic N) is 1. The van der Waals surface area contributed by atoms with Crippen LogP contribution in [0.25, 0.3) is 0 Å². The van der Waals surface area contributed by atoms with E-state index in [0.29, 0.717) is 18.4 Å². The van der Waals surface area contributed by atoms with Crippen molar-refractivity contribution in [2.75, 3.05) is 6.61 Å². The van der Waals surface area contributed by atoms with E-state index in [4.69, 9.17) is 14.6 Å². The lowest BCUT2D eigenvalue weighted by Gasteiger charge is -2.16. The molecule has 1 aromatic rings. The molecule has 0 spiro atoms. The predicted octanol–water partition coefficient (Wildman–Crippen LogP) is 3.00. The first-order valence-electron chi connectivity index (χ1n) is 11.3. The van der Waals surface area contributed by atoms with Crippen LogP contribution in [0.5, 0.6) is 0 Å². The number of ether oxygens (including phenoxy) is 2. The number of halogens is 1. The van der Waals surface area contributed by atoms with Crippen molar-refractivity contribution in [3.8, 4) is 0 Å². The van der Waals surface area contributed by atoms with E-state index in [1.165, 1.54) is 6.20 Å². The largest absolute Gasteiger partial charge is 0.481 e. The average molecular weight is 457 g/mol. The molecule has 180 valence electrons. The predicted molar refractivity (Wildman–Crippen MR) is 114 cm³/mol. The Labute approximate surface area is 185 Å². The quantitative estimate of drug-likeness (QED) is 0.325. The molecule has 0 unspecified atom stereocenters.